The molecule has 8 nitrogen and oxygen atoms in total. The number of nitrogens with one attached hydrogen (secondary N) is 1. The quantitative estimate of drug-likeness (QED) is 0.623. The molecule has 2 aliphatic heterocycles. The molecule has 1 aliphatic carbocycles. The lowest BCUT2D eigenvalue weighted by molar-refractivity contribution is -0.176. The minimum absolute atomic E-state index is 0.0619. The van der Waals surface area contributed by atoms with Gasteiger partial charge in [-0.1, -0.05) is 12.8 Å². The maximum Gasteiger partial charge on any atom is 0.253 e. The number of aromatic nitrogens is 4. The highest BCUT2D eigenvalue weighted by Crippen LogP contribution is 2.38. The van der Waals surface area contributed by atoms with Crippen LogP contribution in [0, 0.1) is 5.41 Å². The number of ether oxygens (including phenoxy) is 1. The van der Waals surface area contributed by atoms with Crippen molar-refractivity contribution in [2.75, 3.05) is 31.6 Å². The summed E-state index contributed by atoms with van der Waals surface area (Å²) in [5, 5.41) is 3.48. The molecule has 2 saturated heterocycles. The van der Waals surface area contributed by atoms with E-state index in [-0.39, 0.29) is 16.6 Å². The summed E-state index contributed by atoms with van der Waals surface area (Å²) in [7, 11) is 0. The van der Waals surface area contributed by atoms with Crippen molar-refractivity contribution in [2.45, 2.75) is 31.7 Å². The molecular weight excluding hydrogens is 416 g/mol. The first kappa shape index (κ1) is 19.0. The zero-order valence-electron chi connectivity index (χ0n) is 17.1. The van der Waals surface area contributed by atoms with Gasteiger partial charge in [-0.3, -0.25) is 4.79 Å². The third-order valence-corrected chi connectivity index (χ3v) is 6.83. The summed E-state index contributed by atoms with van der Waals surface area (Å²) in [6.45, 7) is 3.11. The van der Waals surface area contributed by atoms with Crippen molar-refractivity contribution in [1.82, 2.24) is 24.4 Å². The molecule has 1 saturated carbocycles. The normalized spacial score (nSPS) is 20.1. The Balaban J connectivity index is 1.21. The summed E-state index contributed by atoms with van der Waals surface area (Å²) in [6.07, 6.45) is 6.57. The van der Waals surface area contributed by atoms with Crippen molar-refractivity contribution in [2.24, 2.45) is 5.41 Å². The van der Waals surface area contributed by atoms with Gasteiger partial charge in [0.2, 0.25) is 5.28 Å². The van der Waals surface area contributed by atoms with Gasteiger partial charge >= 0.3 is 0 Å². The second-order valence-corrected chi connectivity index (χ2v) is 9.30. The molecule has 3 aromatic rings. The van der Waals surface area contributed by atoms with Gasteiger partial charge in [0, 0.05) is 30.4 Å². The molecule has 2 aromatic heterocycles. The lowest BCUT2D eigenvalue weighted by Crippen LogP contribution is -2.67. The molecule has 3 fully saturated rings. The summed E-state index contributed by atoms with van der Waals surface area (Å²) >= 11 is 6.23. The average Bonchev–Trinajstić information content (AvgIpc) is 3.35. The molecule has 4 heterocycles. The summed E-state index contributed by atoms with van der Waals surface area (Å²) in [5.41, 5.74) is 3.17. The highest BCUT2D eigenvalue weighted by Gasteiger charge is 2.50. The molecule has 0 bridgehead atoms. The number of carbonyl (C=O) groups excluding carboxylic acids is 1. The van der Waals surface area contributed by atoms with E-state index in [1.165, 1.54) is 12.8 Å². The Kier molecular flexibility index (Phi) is 4.40. The highest BCUT2D eigenvalue weighted by atomic mass is 35.5. The maximum atomic E-state index is 12.7. The van der Waals surface area contributed by atoms with E-state index in [1.807, 2.05) is 35.5 Å². The predicted octanol–water partition coefficient (Wildman–Crippen LogP) is 3.81. The van der Waals surface area contributed by atoms with Crippen LogP contribution >= 0.6 is 11.6 Å². The SMILES string of the molecule is O=C(c1ccc(Nc2nc(Cl)nc3c2ncn3C2CCCC2)cc1)N1CC2(COC2)C1. The van der Waals surface area contributed by atoms with Gasteiger partial charge in [0.15, 0.2) is 17.0 Å². The maximum absolute atomic E-state index is 12.7. The van der Waals surface area contributed by atoms with Crippen LogP contribution < -0.4 is 5.32 Å². The molecule has 1 N–H and O–H groups in total. The van der Waals surface area contributed by atoms with Gasteiger partial charge in [0.1, 0.15) is 0 Å². The average molecular weight is 439 g/mol. The number of amides is 1. The molecule has 3 aliphatic rings. The van der Waals surface area contributed by atoms with Crippen LogP contribution in [0.25, 0.3) is 11.2 Å². The molecule has 0 radical (unpaired) electrons. The number of likely N-dealkylation sites (tertiary alicyclic amines) is 1. The lowest BCUT2D eigenvalue weighted by Gasteiger charge is -2.54. The van der Waals surface area contributed by atoms with Crippen LogP contribution in [0.4, 0.5) is 11.5 Å². The fourth-order valence-electron chi connectivity index (χ4n) is 4.92. The number of anilines is 2. The van der Waals surface area contributed by atoms with E-state index in [1.54, 1.807) is 0 Å². The Hall–Kier alpha value is -2.71. The van der Waals surface area contributed by atoms with Gasteiger partial charge in [0.05, 0.1) is 25.0 Å². The molecular formula is C22H23ClN6O2. The van der Waals surface area contributed by atoms with Gasteiger partial charge in [-0.05, 0) is 48.7 Å². The second-order valence-electron chi connectivity index (χ2n) is 8.96. The third-order valence-electron chi connectivity index (χ3n) is 6.66. The van der Waals surface area contributed by atoms with Crippen molar-refractivity contribution in [3.8, 4) is 0 Å². The Morgan fingerprint density at radius 3 is 2.55 bits per heavy atom. The van der Waals surface area contributed by atoms with Crippen molar-refractivity contribution < 1.29 is 9.53 Å². The first-order valence-electron chi connectivity index (χ1n) is 10.7. The minimum atomic E-state index is 0.0619. The van der Waals surface area contributed by atoms with Crippen LogP contribution in [-0.4, -0.2) is 56.6 Å². The Labute approximate surface area is 184 Å². The van der Waals surface area contributed by atoms with Gasteiger partial charge in [-0.2, -0.15) is 9.97 Å². The number of benzene rings is 1. The zero-order valence-corrected chi connectivity index (χ0v) is 17.8. The van der Waals surface area contributed by atoms with Crippen molar-refractivity contribution >= 4 is 40.2 Å². The molecule has 31 heavy (non-hydrogen) atoms. The smallest absolute Gasteiger partial charge is 0.253 e. The van der Waals surface area contributed by atoms with Crippen LogP contribution in [0.2, 0.25) is 5.28 Å². The number of hydrogen-bond donors (Lipinski definition) is 1. The number of nitrogens with zero attached hydrogens (tertiary/aromatic N) is 5. The number of rotatable bonds is 4. The molecule has 1 spiro atoms. The van der Waals surface area contributed by atoms with Crippen LogP contribution in [0.1, 0.15) is 42.1 Å². The number of hydrogen-bond acceptors (Lipinski definition) is 6. The molecule has 0 atom stereocenters. The fourth-order valence-corrected chi connectivity index (χ4v) is 5.09. The largest absolute Gasteiger partial charge is 0.380 e. The number of fused-ring (bicyclic) bond motifs is 1. The van der Waals surface area contributed by atoms with Gasteiger partial charge in [0.25, 0.3) is 5.91 Å². The van der Waals surface area contributed by atoms with Gasteiger partial charge < -0.3 is 19.5 Å². The van der Waals surface area contributed by atoms with E-state index >= 15 is 0 Å². The Bertz CT molecular complexity index is 1140. The molecule has 6 rings (SSSR count). The highest BCUT2D eigenvalue weighted by molar-refractivity contribution is 6.28. The summed E-state index contributed by atoms with van der Waals surface area (Å²) < 4.78 is 7.40. The van der Waals surface area contributed by atoms with E-state index in [0.717, 1.165) is 50.5 Å². The first-order chi connectivity index (χ1) is 15.1. The molecule has 1 amide bonds. The predicted molar refractivity (Wildman–Crippen MR) is 117 cm³/mol. The van der Waals surface area contributed by atoms with Crippen LogP contribution in [-0.2, 0) is 4.74 Å². The molecule has 0 unspecified atom stereocenters. The van der Waals surface area contributed by atoms with Gasteiger partial charge in [-0.25, -0.2) is 4.98 Å². The van der Waals surface area contributed by atoms with E-state index < -0.39 is 0 Å². The molecule has 160 valence electrons. The van der Waals surface area contributed by atoms with E-state index in [9.17, 15) is 4.79 Å². The van der Waals surface area contributed by atoms with E-state index in [0.29, 0.717) is 22.9 Å². The minimum Gasteiger partial charge on any atom is -0.380 e. The van der Waals surface area contributed by atoms with E-state index in [2.05, 4.69) is 24.8 Å². The summed E-state index contributed by atoms with van der Waals surface area (Å²) in [6, 6.07) is 7.85. The van der Waals surface area contributed by atoms with Crippen molar-refractivity contribution in [1.29, 1.82) is 0 Å². The summed E-state index contributed by atoms with van der Waals surface area (Å²) in [5.74, 6) is 0.632. The zero-order chi connectivity index (χ0) is 21.0. The second kappa shape index (κ2) is 7.17. The monoisotopic (exact) mass is 438 g/mol. The fraction of sp³-hybridized carbons (Fsp3) is 0.455. The van der Waals surface area contributed by atoms with Crippen LogP contribution in [0.15, 0.2) is 30.6 Å². The lowest BCUT2D eigenvalue weighted by atomic mass is 9.78. The summed E-state index contributed by atoms with van der Waals surface area (Å²) in [4.78, 5) is 27.9. The van der Waals surface area contributed by atoms with Crippen LogP contribution in [0.3, 0.4) is 0 Å². The first-order valence-corrected chi connectivity index (χ1v) is 11.1. The van der Waals surface area contributed by atoms with E-state index in [4.69, 9.17) is 16.3 Å². The van der Waals surface area contributed by atoms with Crippen LogP contribution in [0.5, 0.6) is 0 Å². The topological polar surface area (TPSA) is 85.2 Å². The third kappa shape index (κ3) is 3.25. The number of halogens is 1. The van der Waals surface area contributed by atoms with Crippen molar-refractivity contribution in [3.05, 3.63) is 41.4 Å². The molecule has 1 aromatic carbocycles. The Morgan fingerprint density at radius 2 is 1.87 bits per heavy atom. The number of imidazole rings is 1. The van der Waals surface area contributed by atoms with Crippen molar-refractivity contribution in [3.63, 3.8) is 0 Å². The number of carbonyl (C=O) groups is 1. The van der Waals surface area contributed by atoms with Gasteiger partial charge in [-0.15, -0.1) is 0 Å². The Morgan fingerprint density at radius 1 is 1.13 bits per heavy atom. The molecule has 9 heteroatoms. The standard InChI is InChI=1S/C22H23ClN6O2/c23-21-26-18(17-19(27-21)29(13-24-17)16-3-1-2-4-16)25-15-7-5-14(6-8-15)20(30)28-9-22(10-28)11-31-12-22/h5-8,13,16H,1-4,9-12H2,(H,25,26,27).